The fourth-order valence-corrected chi connectivity index (χ4v) is 1.82. The van der Waals surface area contributed by atoms with Crippen LogP contribution in [0.5, 0.6) is 5.75 Å². The molecule has 0 amide bonds. The first-order chi connectivity index (χ1) is 9.49. The number of hydrogen-bond acceptors (Lipinski definition) is 2. The minimum absolute atomic E-state index is 0.0879. The molecule has 0 aromatic heterocycles. The van der Waals surface area contributed by atoms with E-state index in [1.807, 2.05) is 0 Å². The van der Waals surface area contributed by atoms with E-state index in [0.717, 1.165) is 6.07 Å². The van der Waals surface area contributed by atoms with Crippen LogP contribution in [0.3, 0.4) is 0 Å². The van der Waals surface area contributed by atoms with Crippen LogP contribution >= 0.6 is 0 Å². The normalized spacial score (nSPS) is 12.2. The van der Waals surface area contributed by atoms with Gasteiger partial charge in [0.05, 0.1) is 0 Å². The lowest BCUT2D eigenvalue weighted by atomic mass is 10.1. The van der Waals surface area contributed by atoms with Crippen molar-refractivity contribution >= 4 is 0 Å². The Bertz CT molecular complexity index is 614. The maximum Gasteiger partial charge on any atom is 0.165 e. The molecular formula is C15H14F3NO. The highest BCUT2D eigenvalue weighted by atomic mass is 19.2. The van der Waals surface area contributed by atoms with Crippen LogP contribution < -0.4 is 10.5 Å². The average Bonchev–Trinajstić information content (AvgIpc) is 2.41. The van der Waals surface area contributed by atoms with Crippen molar-refractivity contribution in [1.82, 2.24) is 0 Å². The van der Waals surface area contributed by atoms with E-state index in [4.69, 9.17) is 10.5 Å². The fourth-order valence-electron chi connectivity index (χ4n) is 1.82. The summed E-state index contributed by atoms with van der Waals surface area (Å²) < 4.78 is 45.1. The Morgan fingerprint density at radius 1 is 1.15 bits per heavy atom. The zero-order valence-corrected chi connectivity index (χ0v) is 10.9. The summed E-state index contributed by atoms with van der Waals surface area (Å²) in [5.74, 6) is -1.96. The van der Waals surface area contributed by atoms with Gasteiger partial charge in [0.15, 0.2) is 11.6 Å². The summed E-state index contributed by atoms with van der Waals surface area (Å²) in [4.78, 5) is 0. The molecule has 0 saturated heterocycles. The molecule has 2 rings (SSSR count). The lowest BCUT2D eigenvalue weighted by Gasteiger charge is -2.14. The van der Waals surface area contributed by atoms with Crippen molar-refractivity contribution in [2.45, 2.75) is 19.6 Å². The molecule has 0 saturated carbocycles. The van der Waals surface area contributed by atoms with E-state index in [1.54, 1.807) is 6.92 Å². The molecule has 0 fully saturated rings. The summed E-state index contributed by atoms with van der Waals surface area (Å²) in [5.41, 5.74) is 6.29. The highest BCUT2D eigenvalue weighted by Crippen LogP contribution is 2.26. The van der Waals surface area contributed by atoms with Crippen LogP contribution in [-0.2, 0) is 6.61 Å². The van der Waals surface area contributed by atoms with Crippen LogP contribution in [-0.4, -0.2) is 0 Å². The largest absolute Gasteiger partial charge is 0.488 e. The van der Waals surface area contributed by atoms with Gasteiger partial charge in [-0.2, -0.15) is 0 Å². The van der Waals surface area contributed by atoms with Crippen LogP contribution in [0.4, 0.5) is 13.2 Å². The van der Waals surface area contributed by atoms with E-state index in [0.29, 0.717) is 11.3 Å². The van der Waals surface area contributed by atoms with Gasteiger partial charge in [-0.25, -0.2) is 13.2 Å². The van der Waals surface area contributed by atoms with Crippen molar-refractivity contribution < 1.29 is 17.9 Å². The Balaban J connectivity index is 2.21. The van der Waals surface area contributed by atoms with Gasteiger partial charge in [-0.3, -0.25) is 0 Å². The van der Waals surface area contributed by atoms with Crippen LogP contribution in [0.2, 0.25) is 0 Å². The van der Waals surface area contributed by atoms with Gasteiger partial charge >= 0.3 is 0 Å². The molecule has 2 aromatic rings. The van der Waals surface area contributed by atoms with E-state index in [9.17, 15) is 13.2 Å². The van der Waals surface area contributed by atoms with E-state index < -0.39 is 23.5 Å². The Hall–Kier alpha value is -2.01. The zero-order chi connectivity index (χ0) is 14.7. The first kappa shape index (κ1) is 14.4. The van der Waals surface area contributed by atoms with Crippen molar-refractivity contribution in [1.29, 1.82) is 0 Å². The number of benzene rings is 2. The number of ether oxygens (including phenoxy) is 1. The van der Waals surface area contributed by atoms with Gasteiger partial charge in [-0.15, -0.1) is 0 Å². The van der Waals surface area contributed by atoms with Gasteiger partial charge in [0.25, 0.3) is 0 Å². The van der Waals surface area contributed by atoms with Gasteiger partial charge in [0.2, 0.25) is 0 Å². The van der Waals surface area contributed by atoms with Gasteiger partial charge in [-0.1, -0.05) is 12.1 Å². The monoisotopic (exact) mass is 281 g/mol. The van der Waals surface area contributed by atoms with E-state index in [1.165, 1.54) is 30.3 Å². The molecule has 2 aromatic carbocycles. The molecule has 20 heavy (non-hydrogen) atoms. The molecule has 0 aliphatic carbocycles. The lowest BCUT2D eigenvalue weighted by molar-refractivity contribution is 0.292. The molecule has 5 heteroatoms. The molecule has 1 atom stereocenters. The lowest BCUT2D eigenvalue weighted by Crippen LogP contribution is -2.09. The average molecular weight is 281 g/mol. The zero-order valence-electron chi connectivity index (χ0n) is 10.9. The quantitative estimate of drug-likeness (QED) is 0.927. The molecular weight excluding hydrogens is 267 g/mol. The van der Waals surface area contributed by atoms with Gasteiger partial charge < -0.3 is 10.5 Å². The summed E-state index contributed by atoms with van der Waals surface area (Å²) in [6, 6.07) is 7.33. The second-order valence-electron chi connectivity index (χ2n) is 4.47. The third-order valence-electron chi connectivity index (χ3n) is 2.88. The summed E-state index contributed by atoms with van der Waals surface area (Å²) in [7, 11) is 0. The van der Waals surface area contributed by atoms with E-state index >= 15 is 0 Å². The first-order valence-corrected chi connectivity index (χ1v) is 6.09. The predicted molar refractivity (Wildman–Crippen MR) is 69.7 cm³/mol. The third-order valence-corrected chi connectivity index (χ3v) is 2.88. The van der Waals surface area contributed by atoms with E-state index in [2.05, 4.69) is 0 Å². The molecule has 0 unspecified atom stereocenters. The highest BCUT2D eigenvalue weighted by molar-refractivity contribution is 5.36. The topological polar surface area (TPSA) is 35.2 Å². The second kappa shape index (κ2) is 5.96. The SMILES string of the molecule is C[C@@H](N)c1cc(F)ccc1OCc1cccc(F)c1F. The van der Waals surface area contributed by atoms with Crippen LogP contribution in [0.15, 0.2) is 36.4 Å². The Kier molecular flexibility index (Phi) is 4.29. The standard InChI is InChI=1S/C15H14F3NO/c1-9(19)12-7-11(16)5-6-14(12)20-8-10-3-2-4-13(17)15(10)18/h2-7,9H,8,19H2,1H3/t9-/m1/s1. The minimum atomic E-state index is -0.947. The molecule has 0 heterocycles. The Morgan fingerprint density at radius 3 is 2.60 bits per heavy atom. The third kappa shape index (κ3) is 3.11. The molecule has 0 bridgehead atoms. The van der Waals surface area contributed by atoms with Crippen LogP contribution in [0, 0.1) is 17.5 Å². The van der Waals surface area contributed by atoms with Gasteiger partial charge in [0, 0.05) is 17.2 Å². The van der Waals surface area contributed by atoms with Crippen molar-refractivity contribution in [3.8, 4) is 5.75 Å². The molecule has 2 N–H and O–H groups in total. The molecule has 106 valence electrons. The molecule has 2 nitrogen and oxygen atoms in total. The minimum Gasteiger partial charge on any atom is -0.488 e. The van der Waals surface area contributed by atoms with Crippen LogP contribution in [0.1, 0.15) is 24.1 Å². The van der Waals surface area contributed by atoms with Crippen LogP contribution in [0.25, 0.3) is 0 Å². The number of halogens is 3. The summed E-state index contributed by atoms with van der Waals surface area (Å²) >= 11 is 0. The maximum atomic E-state index is 13.5. The van der Waals surface area contributed by atoms with Crippen molar-refractivity contribution in [2.75, 3.05) is 0 Å². The maximum absolute atomic E-state index is 13.5. The summed E-state index contributed by atoms with van der Waals surface area (Å²) in [6.07, 6.45) is 0. The Labute approximate surface area is 115 Å². The first-order valence-electron chi connectivity index (χ1n) is 6.09. The molecule has 0 aliphatic heterocycles. The fraction of sp³-hybridized carbons (Fsp3) is 0.200. The highest BCUT2D eigenvalue weighted by Gasteiger charge is 2.12. The molecule has 0 aliphatic rings. The smallest absolute Gasteiger partial charge is 0.165 e. The number of rotatable bonds is 4. The number of hydrogen-bond donors (Lipinski definition) is 1. The summed E-state index contributed by atoms with van der Waals surface area (Å²) in [5, 5.41) is 0. The predicted octanol–water partition coefficient (Wildman–Crippen LogP) is 3.70. The van der Waals surface area contributed by atoms with E-state index in [-0.39, 0.29) is 12.2 Å². The molecule has 0 spiro atoms. The summed E-state index contributed by atoms with van der Waals surface area (Å²) in [6.45, 7) is 1.53. The van der Waals surface area contributed by atoms with Crippen molar-refractivity contribution in [3.63, 3.8) is 0 Å². The van der Waals surface area contributed by atoms with Gasteiger partial charge in [0.1, 0.15) is 18.2 Å². The van der Waals surface area contributed by atoms with Crippen molar-refractivity contribution in [2.24, 2.45) is 5.73 Å². The molecule has 0 radical (unpaired) electrons. The van der Waals surface area contributed by atoms with Crippen molar-refractivity contribution in [3.05, 3.63) is 65.0 Å². The van der Waals surface area contributed by atoms with Gasteiger partial charge in [-0.05, 0) is 31.2 Å². The Morgan fingerprint density at radius 2 is 1.90 bits per heavy atom. The number of nitrogens with two attached hydrogens (primary N) is 1. The second-order valence-corrected chi connectivity index (χ2v) is 4.47.